The molecule has 0 atom stereocenters. The van der Waals surface area contributed by atoms with E-state index in [9.17, 15) is 27.9 Å². The van der Waals surface area contributed by atoms with Gasteiger partial charge in [-0.1, -0.05) is 18.2 Å². The Labute approximate surface area is 187 Å². The number of aromatic nitrogens is 2. The Morgan fingerprint density at radius 1 is 1.00 bits per heavy atom. The van der Waals surface area contributed by atoms with E-state index in [1.807, 2.05) is 20.8 Å². The monoisotopic (exact) mass is 461 g/mol. The average Bonchev–Trinajstić information content (AvgIpc) is 3.06. The number of nitrogens with one attached hydrogen (secondary N) is 2. The molecule has 33 heavy (non-hydrogen) atoms. The molecule has 5 N–H and O–H groups in total. The first-order valence-electron chi connectivity index (χ1n) is 9.75. The summed E-state index contributed by atoms with van der Waals surface area (Å²) in [6.45, 7) is 5.51. The number of anilines is 3. The van der Waals surface area contributed by atoms with Gasteiger partial charge in [-0.3, -0.25) is 0 Å². The molecule has 174 valence electrons. The van der Waals surface area contributed by atoms with Gasteiger partial charge in [0.2, 0.25) is 0 Å². The number of carboxylic acids is 1. The van der Waals surface area contributed by atoms with E-state index in [4.69, 9.17) is 5.73 Å². The van der Waals surface area contributed by atoms with E-state index in [1.165, 1.54) is 28.9 Å². The van der Waals surface area contributed by atoms with Gasteiger partial charge in [-0.2, -0.15) is 18.3 Å². The van der Waals surface area contributed by atoms with Crippen molar-refractivity contribution in [3.8, 4) is 11.3 Å². The second-order valence-electron chi connectivity index (χ2n) is 8.23. The van der Waals surface area contributed by atoms with Crippen LogP contribution < -0.4 is 16.4 Å². The van der Waals surface area contributed by atoms with Crippen molar-refractivity contribution in [1.29, 1.82) is 0 Å². The fourth-order valence-electron chi connectivity index (χ4n) is 3.13. The van der Waals surface area contributed by atoms with Crippen LogP contribution in [-0.4, -0.2) is 26.9 Å². The van der Waals surface area contributed by atoms with Crippen molar-refractivity contribution in [3.05, 3.63) is 59.7 Å². The van der Waals surface area contributed by atoms with Crippen LogP contribution >= 0.6 is 0 Å². The lowest BCUT2D eigenvalue weighted by atomic mass is 10.1. The van der Waals surface area contributed by atoms with E-state index in [2.05, 4.69) is 15.7 Å². The van der Waals surface area contributed by atoms with Gasteiger partial charge in [0.05, 0.1) is 11.1 Å². The van der Waals surface area contributed by atoms with Crippen LogP contribution in [-0.2, 0) is 11.7 Å². The van der Waals surface area contributed by atoms with E-state index in [0.29, 0.717) is 11.3 Å². The zero-order valence-electron chi connectivity index (χ0n) is 18.0. The van der Waals surface area contributed by atoms with E-state index >= 15 is 0 Å². The Morgan fingerprint density at radius 3 is 2.15 bits per heavy atom. The van der Waals surface area contributed by atoms with Gasteiger partial charge in [0.25, 0.3) is 0 Å². The van der Waals surface area contributed by atoms with Gasteiger partial charge in [0.1, 0.15) is 17.1 Å². The number of hydrogen-bond acceptors (Lipinski definition) is 4. The van der Waals surface area contributed by atoms with Crippen molar-refractivity contribution in [1.82, 2.24) is 9.78 Å². The van der Waals surface area contributed by atoms with Crippen LogP contribution in [0.1, 0.15) is 36.7 Å². The minimum atomic E-state index is -4.53. The first-order valence-corrected chi connectivity index (χ1v) is 9.75. The standard InChI is InChI=1S/C22H22F3N5O3/c1-21(2,3)30-18(26)16(19(31)32)17(29-30)12-7-9-14(10-8-12)27-20(33)28-15-6-4-5-13(11-15)22(23,24)25/h4-11H,26H2,1-3H3,(H,31,32)(H2,27,28,33). The molecule has 1 heterocycles. The number of halogens is 3. The van der Waals surface area contributed by atoms with Crippen LogP contribution in [0.2, 0.25) is 0 Å². The fourth-order valence-corrected chi connectivity index (χ4v) is 3.13. The van der Waals surface area contributed by atoms with Crippen LogP contribution in [0.4, 0.5) is 35.2 Å². The van der Waals surface area contributed by atoms with Gasteiger partial charge < -0.3 is 21.5 Å². The van der Waals surface area contributed by atoms with E-state index in [1.54, 1.807) is 12.1 Å². The van der Waals surface area contributed by atoms with Gasteiger partial charge in [0, 0.05) is 16.9 Å². The molecular formula is C22H22F3N5O3. The van der Waals surface area contributed by atoms with Crippen molar-refractivity contribution in [2.45, 2.75) is 32.5 Å². The molecule has 2 amide bonds. The summed E-state index contributed by atoms with van der Waals surface area (Å²) in [5.74, 6) is -1.20. The highest BCUT2D eigenvalue weighted by molar-refractivity contribution is 6.01. The average molecular weight is 461 g/mol. The maximum atomic E-state index is 12.8. The Kier molecular flexibility index (Phi) is 6.08. The molecule has 0 spiro atoms. The van der Waals surface area contributed by atoms with Crippen molar-refractivity contribution in [3.63, 3.8) is 0 Å². The predicted molar refractivity (Wildman–Crippen MR) is 118 cm³/mol. The molecule has 0 aliphatic rings. The largest absolute Gasteiger partial charge is 0.477 e. The summed E-state index contributed by atoms with van der Waals surface area (Å²) in [4.78, 5) is 23.9. The number of nitrogens with zero attached hydrogens (tertiary/aromatic N) is 2. The number of benzene rings is 2. The maximum Gasteiger partial charge on any atom is 0.416 e. The summed E-state index contributed by atoms with van der Waals surface area (Å²) < 4.78 is 39.9. The number of urea groups is 1. The number of carbonyl (C=O) groups excluding carboxylic acids is 1. The van der Waals surface area contributed by atoms with Crippen LogP contribution in [0.3, 0.4) is 0 Å². The lowest BCUT2D eigenvalue weighted by Crippen LogP contribution is -2.25. The molecule has 0 saturated carbocycles. The number of nitrogens with two attached hydrogens (primary N) is 1. The molecule has 11 heteroatoms. The summed E-state index contributed by atoms with van der Waals surface area (Å²) in [7, 11) is 0. The molecule has 3 rings (SSSR count). The number of carboxylic acid groups (broad SMARTS) is 1. The highest BCUT2D eigenvalue weighted by Crippen LogP contribution is 2.32. The summed E-state index contributed by atoms with van der Waals surface area (Å²) in [5, 5.41) is 18.8. The maximum absolute atomic E-state index is 12.8. The van der Waals surface area contributed by atoms with Crippen molar-refractivity contribution in [2.75, 3.05) is 16.4 Å². The number of carbonyl (C=O) groups is 2. The minimum Gasteiger partial charge on any atom is -0.477 e. The molecule has 3 aromatic rings. The van der Waals surface area contributed by atoms with Crippen molar-refractivity contribution in [2.24, 2.45) is 0 Å². The lowest BCUT2D eigenvalue weighted by molar-refractivity contribution is -0.137. The third kappa shape index (κ3) is 5.25. The van der Waals surface area contributed by atoms with Gasteiger partial charge in [-0.25, -0.2) is 14.3 Å². The van der Waals surface area contributed by atoms with Gasteiger partial charge in [-0.05, 0) is 51.1 Å². The highest BCUT2D eigenvalue weighted by Gasteiger charge is 2.30. The molecule has 0 aliphatic carbocycles. The van der Waals surface area contributed by atoms with Crippen molar-refractivity contribution < 1.29 is 27.9 Å². The third-order valence-corrected chi connectivity index (χ3v) is 4.63. The Balaban J connectivity index is 1.79. The Morgan fingerprint density at radius 2 is 1.61 bits per heavy atom. The van der Waals surface area contributed by atoms with Gasteiger partial charge in [0.15, 0.2) is 0 Å². The summed E-state index contributed by atoms with van der Waals surface area (Å²) >= 11 is 0. The normalized spacial score (nSPS) is 11.8. The Bertz CT molecular complexity index is 1200. The molecule has 2 aromatic carbocycles. The quantitative estimate of drug-likeness (QED) is 0.423. The molecule has 1 aromatic heterocycles. The molecule has 0 fully saturated rings. The number of hydrogen-bond donors (Lipinski definition) is 4. The van der Waals surface area contributed by atoms with E-state index in [-0.39, 0.29) is 22.8 Å². The summed E-state index contributed by atoms with van der Waals surface area (Å²) in [6.07, 6.45) is -4.53. The molecule has 0 aliphatic heterocycles. The van der Waals surface area contributed by atoms with Gasteiger partial charge >= 0.3 is 18.2 Å². The molecule has 0 unspecified atom stereocenters. The SMILES string of the molecule is CC(C)(C)n1nc(-c2ccc(NC(=O)Nc3cccc(C(F)(F)F)c3)cc2)c(C(=O)O)c1N. The summed E-state index contributed by atoms with van der Waals surface area (Å²) in [5.41, 5.74) is 5.42. The molecule has 8 nitrogen and oxygen atoms in total. The number of aromatic carboxylic acids is 1. The predicted octanol–water partition coefficient (Wildman–Crippen LogP) is 5.25. The smallest absolute Gasteiger partial charge is 0.416 e. The molecular weight excluding hydrogens is 439 g/mol. The molecule has 0 saturated heterocycles. The Hall–Kier alpha value is -4.02. The third-order valence-electron chi connectivity index (χ3n) is 4.63. The van der Waals surface area contributed by atoms with E-state index < -0.39 is 29.3 Å². The first kappa shape index (κ1) is 23.6. The minimum absolute atomic E-state index is 0.0201. The molecule has 0 bridgehead atoms. The molecule has 0 radical (unpaired) electrons. The fraction of sp³-hybridized carbons (Fsp3) is 0.227. The zero-order valence-corrected chi connectivity index (χ0v) is 18.0. The second-order valence-corrected chi connectivity index (χ2v) is 8.23. The summed E-state index contributed by atoms with van der Waals surface area (Å²) in [6, 6.07) is 9.65. The van der Waals surface area contributed by atoms with Crippen LogP contribution in [0, 0.1) is 0 Å². The van der Waals surface area contributed by atoms with E-state index in [0.717, 1.165) is 12.1 Å². The van der Waals surface area contributed by atoms with Crippen molar-refractivity contribution >= 4 is 29.2 Å². The van der Waals surface area contributed by atoms with Gasteiger partial charge in [-0.15, -0.1) is 0 Å². The first-order chi connectivity index (χ1) is 15.3. The van der Waals surface area contributed by atoms with Crippen LogP contribution in [0.25, 0.3) is 11.3 Å². The lowest BCUT2D eigenvalue weighted by Gasteiger charge is -2.20. The number of nitrogen functional groups attached to an aromatic ring is 1. The van der Waals surface area contributed by atoms with Crippen LogP contribution in [0.15, 0.2) is 48.5 Å². The zero-order chi connectivity index (χ0) is 24.6. The number of rotatable bonds is 4. The van der Waals surface area contributed by atoms with Crippen LogP contribution in [0.5, 0.6) is 0 Å². The second kappa shape index (κ2) is 8.49. The highest BCUT2D eigenvalue weighted by atomic mass is 19.4. The topological polar surface area (TPSA) is 122 Å². The number of alkyl halides is 3. The number of amides is 2.